The lowest BCUT2D eigenvalue weighted by Gasteiger charge is -2.03. The van der Waals surface area contributed by atoms with E-state index in [1.165, 1.54) is 134 Å². The SMILES string of the molecule is C=CC(=O)OCCCCCCCCCCCC.C=CCCCCCCCCCCCC.[CH3]. The molecule has 0 unspecified atom stereocenters. The number of unbranched alkanes of at least 4 members (excludes halogenated alkanes) is 19. The van der Waals surface area contributed by atoms with Crippen molar-refractivity contribution in [1.82, 2.24) is 0 Å². The molecule has 0 aliphatic carbocycles. The van der Waals surface area contributed by atoms with Crippen LogP contribution >= 0.6 is 0 Å². The van der Waals surface area contributed by atoms with E-state index in [1.807, 2.05) is 6.08 Å². The molecule has 0 aliphatic heterocycles. The number of esters is 1. The van der Waals surface area contributed by atoms with E-state index in [4.69, 9.17) is 4.74 Å². The number of allylic oxidation sites excluding steroid dienone is 1. The van der Waals surface area contributed by atoms with Crippen molar-refractivity contribution in [2.24, 2.45) is 0 Å². The number of carbonyl (C=O) groups is 1. The van der Waals surface area contributed by atoms with Gasteiger partial charge in [-0.3, -0.25) is 0 Å². The van der Waals surface area contributed by atoms with Crippen LogP contribution in [0.15, 0.2) is 25.3 Å². The van der Waals surface area contributed by atoms with Crippen LogP contribution in [0.4, 0.5) is 0 Å². The molecule has 0 amide bonds. The van der Waals surface area contributed by atoms with E-state index in [1.54, 1.807) is 0 Å². The van der Waals surface area contributed by atoms with Gasteiger partial charge in [0.1, 0.15) is 0 Å². The summed E-state index contributed by atoms with van der Waals surface area (Å²) in [6, 6.07) is 0. The van der Waals surface area contributed by atoms with Crippen LogP contribution in [0.2, 0.25) is 0 Å². The van der Waals surface area contributed by atoms with Crippen molar-refractivity contribution in [1.29, 1.82) is 0 Å². The molecule has 0 N–H and O–H groups in total. The molecular formula is C30H59O2. The van der Waals surface area contributed by atoms with Crippen LogP contribution in [0.3, 0.4) is 0 Å². The molecule has 0 bridgehead atoms. The Kier molecular flexibility index (Phi) is 38.4. The number of hydrogen-bond donors (Lipinski definition) is 0. The normalized spacial score (nSPS) is 9.94. The lowest BCUT2D eigenvalue weighted by molar-refractivity contribution is -0.137. The van der Waals surface area contributed by atoms with E-state index in [0.717, 1.165) is 6.42 Å². The lowest BCUT2D eigenvalue weighted by atomic mass is 10.1. The maximum atomic E-state index is 10.7. The summed E-state index contributed by atoms with van der Waals surface area (Å²) < 4.78 is 4.91. The highest BCUT2D eigenvalue weighted by atomic mass is 16.5. The lowest BCUT2D eigenvalue weighted by Crippen LogP contribution is -2.01. The van der Waals surface area contributed by atoms with Crippen LogP contribution in [0, 0.1) is 7.43 Å². The number of ether oxygens (including phenoxy) is 1. The first-order valence-corrected chi connectivity index (χ1v) is 13.6. The third kappa shape index (κ3) is 36.3. The van der Waals surface area contributed by atoms with Gasteiger partial charge in [-0.25, -0.2) is 4.79 Å². The van der Waals surface area contributed by atoms with Gasteiger partial charge in [0.2, 0.25) is 0 Å². The van der Waals surface area contributed by atoms with Gasteiger partial charge in [-0.15, -0.1) is 6.58 Å². The fourth-order valence-corrected chi connectivity index (χ4v) is 3.60. The topological polar surface area (TPSA) is 26.3 Å². The zero-order valence-corrected chi connectivity index (χ0v) is 22.4. The fourth-order valence-electron chi connectivity index (χ4n) is 3.60. The quantitative estimate of drug-likeness (QED) is 0.0668. The first-order chi connectivity index (χ1) is 15.2. The van der Waals surface area contributed by atoms with Gasteiger partial charge in [0.15, 0.2) is 0 Å². The van der Waals surface area contributed by atoms with E-state index in [-0.39, 0.29) is 13.4 Å². The summed E-state index contributed by atoms with van der Waals surface area (Å²) in [5, 5.41) is 0. The highest BCUT2D eigenvalue weighted by molar-refractivity contribution is 5.81. The van der Waals surface area contributed by atoms with Gasteiger partial charge >= 0.3 is 5.97 Å². The van der Waals surface area contributed by atoms with Crippen LogP contribution < -0.4 is 0 Å². The molecule has 191 valence electrons. The van der Waals surface area contributed by atoms with Crippen LogP contribution in [0.25, 0.3) is 0 Å². The summed E-state index contributed by atoms with van der Waals surface area (Å²) in [7, 11) is 0. The molecule has 0 aromatic rings. The zero-order valence-electron chi connectivity index (χ0n) is 22.4. The van der Waals surface area contributed by atoms with Gasteiger partial charge in [-0.05, 0) is 19.3 Å². The molecule has 0 fully saturated rings. The van der Waals surface area contributed by atoms with Crippen molar-refractivity contribution in [2.45, 2.75) is 149 Å². The van der Waals surface area contributed by atoms with Crippen molar-refractivity contribution in [3.63, 3.8) is 0 Å². The average molecular weight is 452 g/mol. The highest BCUT2D eigenvalue weighted by Crippen LogP contribution is 2.11. The third-order valence-electron chi connectivity index (χ3n) is 5.67. The summed E-state index contributed by atoms with van der Waals surface area (Å²) in [6.07, 6.45) is 31.7. The molecule has 0 aliphatic rings. The van der Waals surface area contributed by atoms with Gasteiger partial charge in [-0.1, -0.05) is 150 Å². The van der Waals surface area contributed by atoms with Crippen molar-refractivity contribution >= 4 is 5.97 Å². The number of hydrogen-bond acceptors (Lipinski definition) is 2. The summed E-state index contributed by atoms with van der Waals surface area (Å²) in [4.78, 5) is 10.7. The van der Waals surface area contributed by atoms with Crippen LogP contribution in [-0.2, 0) is 9.53 Å². The smallest absolute Gasteiger partial charge is 0.330 e. The molecule has 0 atom stereocenters. The van der Waals surface area contributed by atoms with Crippen molar-refractivity contribution in [3.8, 4) is 0 Å². The zero-order chi connectivity index (χ0) is 23.3. The standard InChI is InChI=1S/C15H28O2.C14H28.CH3/c1-3-5-6-7-8-9-10-11-12-13-14-17-15(16)4-2;1-3-5-7-9-11-13-14-12-10-8-6-4-2;/h4H,2-3,5-14H2,1H3;3H,1,4-14H2,2H3;1H3. The predicted molar refractivity (Wildman–Crippen MR) is 146 cm³/mol. The second kappa shape index (κ2) is 34.6. The summed E-state index contributed by atoms with van der Waals surface area (Å²) in [5.74, 6) is -0.305. The monoisotopic (exact) mass is 451 g/mol. The molecule has 1 radical (unpaired) electrons. The maximum Gasteiger partial charge on any atom is 0.330 e. The second-order valence-corrected chi connectivity index (χ2v) is 8.81. The summed E-state index contributed by atoms with van der Waals surface area (Å²) in [6.45, 7) is 12.2. The minimum atomic E-state index is -0.305. The molecule has 0 saturated heterocycles. The maximum absolute atomic E-state index is 10.7. The first-order valence-electron chi connectivity index (χ1n) is 13.6. The Bertz CT molecular complexity index is 362. The summed E-state index contributed by atoms with van der Waals surface area (Å²) in [5.41, 5.74) is 0. The average Bonchev–Trinajstić information content (AvgIpc) is 2.79. The van der Waals surface area contributed by atoms with E-state index in [9.17, 15) is 4.79 Å². The van der Waals surface area contributed by atoms with Gasteiger partial charge in [0, 0.05) is 6.08 Å². The fraction of sp³-hybridized carbons (Fsp3) is 0.800. The molecule has 0 aromatic heterocycles. The van der Waals surface area contributed by atoms with E-state index < -0.39 is 0 Å². The molecule has 0 spiro atoms. The van der Waals surface area contributed by atoms with Crippen molar-refractivity contribution in [2.75, 3.05) is 6.61 Å². The Labute approximate surface area is 203 Å². The molecule has 0 aromatic carbocycles. The Morgan fingerprint density at radius 3 is 1.28 bits per heavy atom. The largest absolute Gasteiger partial charge is 0.463 e. The second-order valence-electron chi connectivity index (χ2n) is 8.81. The van der Waals surface area contributed by atoms with Crippen LogP contribution in [0.1, 0.15) is 149 Å². The Hall–Kier alpha value is -1.05. The Morgan fingerprint density at radius 2 is 0.938 bits per heavy atom. The first kappa shape index (κ1) is 35.5. The Morgan fingerprint density at radius 1 is 0.594 bits per heavy atom. The molecule has 2 nitrogen and oxygen atoms in total. The van der Waals surface area contributed by atoms with E-state index >= 15 is 0 Å². The molecule has 0 heterocycles. The molecule has 2 heteroatoms. The summed E-state index contributed by atoms with van der Waals surface area (Å²) >= 11 is 0. The number of rotatable bonds is 23. The molecule has 0 saturated carbocycles. The predicted octanol–water partition coefficient (Wildman–Crippen LogP) is 10.6. The van der Waals surface area contributed by atoms with Gasteiger partial charge in [0.25, 0.3) is 0 Å². The third-order valence-corrected chi connectivity index (χ3v) is 5.67. The van der Waals surface area contributed by atoms with E-state index in [0.29, 0.717) is 6.61 Å². The van der Waals surface area contributed by atoms with Crippen LogP contribution in [-0.4, -0.2) is 12.6 Å². The highest BCUT2D eigenvalue weighted by Gasteiger charge is 1.96. The van der Waals surface area contributed by atoms with Gasteiger partial charge in [0.05, 0.1) is 6.61 Å². The Balaban J connectivity index is -0.000000519. The van der Waals surface area contributed by atoms with E-state index in [2.05, 4.69) is 27.0 Å². The van der Waals surface area contributed by atoms with Gasteiger partial charge in [-0.2, -0.15) is 0 Å². The van der Waals surface area contributed by atoms with Crippen molar-refractivity contribution < 1.29 is 9.53 Å². The van der Waals surface area contributed by atoms with Crippen LogP contribution in [0.5, 0.6) is 0 Å². The molecule has 0 rings (SSSR count). The minimum Gasteiger partial charge on any atom is -0.463 e. The number of carbonyl (C=O) groups excluding carboxylic acids is 1. The molecule has 32 heavy (non-hydrogen) atoms. The van der Waals surface area contributed by atoms with Crippen molar-refractivity contribution in [3.05, 3.63) is 32.7 Å². The minimum absolute atomic E-state index is 0. The van der Waals surface area contributed by atoms with Gasteiger partial charge < -0.3 is 4.74 Å². The molecular weight excluding hydrogens is 392 g/mol.